The molecule has 2 amide bonds. The van der Waals surface area contributed by atoms with Gasteiger partial charge in [0.25, 0.3) is 11.8 Å². The smallest absolute Gasteiger partial charge is 0.308 e. The van der Waals surface area contributed by atoms with Crippen LogP contribution < -0.4 is 10.6 Å². The van der Waals surface area contributed by atoms with Crippen molar-refractivity contribution in [1.29, 1.82) is 0 Å². The number of benzene rings is 1. The van der Waals surface area contributed by atoms with E-state index in [9.17, 15) is 14.4 Å². The average molecular weight is 661 g/mol. The molecule has 2 N–H and O–H groups in total. The molecule has 0 bridgehead atoms. The molecule has 2 aromatic heterocycles. The number of nitrogens with one attached hydrogen (secondary N) is 2. The Morgan fingerprint density at radius 3 is 2.53 bits per heavy atom. The summed E-state index contributed by atoms with van der Waals surface area (Å²) < 4.78 is 4.96. The number of carbonyl (C=O) groups excluding carboxylic acids is 3. The van der Waals surface area contributed by atoms with E-state index in [0.29, 0.717) is 22.9 Å². The van der Waals surface area contributed by atoms with Gasteiger partial charge in [-0.15, -0.1) is 0 Å². The molecule has 2 fully saturated rings. The van der Waals surface area contributed by atoms with Gasteiger partial charge in [0, 0.05) is 30.9 Å². The molecule has 11 heteroatoms. The van der Waals surface area contributed by atoms with E-state index in [1.165, 1.54) is 24.0 Å². The first kappa shape index (κ1) is 33.5. The van der Waals surface area contributed by atoms with Gasteiger partial charge < -0.3 is 25.2 Å². The number of fused-ring (bicyclic) bond motifs is 2. The number of pyridine rings is 1. The van der Waals surface area contributed by atoms with Gasteiger partial charge in [-0.25, -0.2) is 9.97 Å². The summed E-state index contributed by atoms with van der Waals surface area (Å²) in [5, 5.41) is 6.77. The van der Waals surface area contributed by atoms with Gasteiger partial charge in [0.2, 0.25) is 0 Å². The molecule has 0 unspecified atom stereocenters. The van der Waals surface area contributed by atoms with Crippen LogP contribution in [0.25, 0.3) is 10.3 Å². The highest BCUT2D eigenvalue weighted by atomic mass is 32.1. The van der Waals surface area contributed by atoms with Crippen molar-refractivity contribution >= 4 is 39.5 Å². The number of ether oxygens (including phenoxy) is 1. The monoisotopic (exact) mass is 660 g/mol. The summed E-state index contributed by atoms with van der Waals surface area (Å²) in [5.74, 6) is 0.0550. The van der Waals surface area contributed by atoms with E-state index < -0.39 is 0 Å². The Kier molecular flexibility index (Phi) is 9.96. The standard InChI is InChI=1S/C36H48N6O4S/c1-36(2,3)26-9-10-28-25(18-26)19-30-33(39-28)47-34(40-30)32(44)38-29(13-16-42-14-11-22(12-15-42)35(45)46-5)23-7-6-8-24(17-23)31(43)37-27-20-41(4)21-27/h6-8,17,19,22,26-27,29H,9-16,18,20-21H2,1-5H3,(H,37,43)(H,38,44)/t26-,29+/m0/s1. The minimum atomic E-state index is -0.330. The molecule has 4 heterocycles. The van der Waals surface area contributed by atoms with Crippen LogP contribution >= 0.6 is 11.3 Å². The molecule has 2 saturated heterocycles. The second-order valence-corrected chi connectivity index (χ2v) is 15.7. The fourth-order valence-electron chi connectivity index (χ4n) is 7.22. The predicted octanol–water partition coefficient (Wildman–Crippen LogP) is 4.63. The van der Waals surface area contributed by atoms with Crippen molar-refractivity contribution in [1.82, 2.24) is 30.4 Å². The van der Waals surface area contributed by atoms with Crippen LogP contribution in [0.3, 0.4) is 0 Å². The summed E-state index contributed by atoms with van der Waals surface area (Å²) in [6.07, 6.45) is 5.23. The van der Waals surface area contributed by atoms with Crippen molar-refractivity contribution in [3.8, 4) is 0 Å². The van der Waals surface area contributed by atoms with Crippen LogP contribution in [-0.2, 0) is 22.4 Å². The lowest BCUT2D eigenvalue weighted by atomic mass is 9.71. The van der Waals surface area contributed by atoms with E-state index in [1.54, 1.807) is 0 Å². The summed E-state index contributed by atoms with van der Waals surface area (Å²) in [6.45, 7) is 10.9. The molecular weight excluding hydrogens is 613 g/mol. The third kappa shape index (κ3) is 7.84. The molecule has 0 saturated carbocycles. The van der Waals surface area contributed by atoms with Crippen molar-refractivity contribution in [2.24, 2.45) is 17.3 Å². The zero-order valence-electron chi connectivity index (χ0n) is 28.3. The van der Waals surface area contributed by atoms with E-state index >= 15 is 0 Å². The van der Waals surface area contributed by atoms with Crippen LogP contribution in [0.2, 0.25) is 0 Å². The highest BCUT2D eigenvalue weighted by molar-refractivity contribution is 7.19. The van der Waals surface area contributed by atoms with E-state index in [2.05, 4.69) is 47.3 Å². The summed E-state index contributed by atoms with van der Waals surface area (Å²) >= 11 is 1.34. The number of amides is 2. The second kappa shape index (κ2) is 14.0. The van der Waals surface area contributed by atoms with Crippen LogP contribution in [0.5, 0.6) is 0 Å². The number of hydrogen-bond donors (Lipinski definition) is 2. The van der Waals surface area contributed by atoms with Crippen molar-refractivity contribution in [3.63, 3.8) is 0 Å². The number of aryl methyl sites for hydroxylation is 1. The Bertz CT molecular complexity index is 1620. The lowest BCUT2D eigenvalue weighted by Crippen LogP contribution is -2.57. The summed E-state index contributed by atoms with van der Waals surface area (Å²) in [6, 6.07) is 9.53. The maximum Gasteiger partial charge on any atom is 0.308 e. The van der Waals surface area contributed by atoms with E-state index in [0.717, 1.165) is 86.4 Å². The quantitative estimate of drug-likeness (QED) is 0.319. The Hall–Kier alpha value is -3.41. The van der Waals surface area contributed by atoms with Gasteiger partial charge in [0.1, 0.15) is 10.3 Å². The molecule has 0 spiro atoms. The highest BCUT2D eigenvalue weighted by Gasteiger charge is 2.31. The number of methoxy groups -OCH3 is 1. The van der Waals surface area contributed by atoms with Crippen molar-refractivity contribution in [2.45, 2.75) is 71.4 Å². The lowest BCUT2D eigenvalue weighted by Gasteiger charge is -2.36. The zero-order chi connectivity index (χ0) is 33.3. The molecular formula is C36H48N6O4S. The summed E-state index contributed by atoms with van der Waals surface area (Å²) in [5.41, 5.74) is 4.85. The molecule has 252 valence electrons. The molecule has 1 aromatic carbocycles. The van der Waals surface area contributed by atoms with Crippen LogP contribution in [0, 0.1) is 17.3 Å². The van der Waals surface area contributed by atoms with Gasteiger partial charge in [-0.05, 0) is 99.3 Å². The molecule has 6 rings (SSSR count). The van der Waals surface area contributed by atoms with Crippen molar-refractivity contribution in [3.05, 3.63) is 57.7 Å². The predicted molar refractivity (Wildman–Crippen MR) is 184 cm³/mol. The Morgan fingerprint density at radius 1 is 1.06 bits per heavy atom. The number of hydrogen-bond acceptors (Lipinski definition) is 9. The molecule has 0 radical (unpaired) electrons. The van der Waals surface area contributed by atoms with Crippen LogP contribution in [-0.4, -0.2) is 90.5 Å². The van der Waals surface area contributed by atoms with E-state index in [1.807, 2.05) is 31.3 Å². The van der Waals surface area contributed by atoms with E-state index in [4.69, 9.17) is 14.7 Å². The van der Waals surface area contributed by atoms with Gasteiger partial charge in [-0.1, -0.05) is 44.2 Å². The number of rotatable bonds is 9. The van der Waals surface area contributed by atoms with Crippen molar-refractivity contribution in [2.75, 3.05) is 46.9 Å². The second-order valence-electron chi connectivity index (χ2n) is 14.7. The number of thiazole rings is 1. The van der Waals surface area contributed by atoms with Crippen LogP contribution in [0.4, 0.5) is 0 Å². The molecule has 3 aliphatic rings. The molecule has 3 aromatic rings. The van der Waals surface area contributed by atoms with Crippen LogP contribution in [0.1, 0.15) is 89.5 Å². The molecule has 1 aliphatic carbocycles. The van der Waals surface area contributed by atoms with E-state index in [-0.39, 0.29) is 41.2 Å². The van der Waals surface area contributed by atoms with Gasteiger partial charge in [0.05, 0.1) is 25.1 Å². The average Bonchev–Trinajstić information content (AvgIpc) is 3.47. The van der Waals surface area contributed by atoms with Crippen molar-refractivity contribution < 1.29 is 19.1 Å². The molecule has 10 nitrogen and oxygen atoms in total. The van der Waals surface area contributed by atoms with Gasteiger partial charge in [-0.2, -0.15) is 0 Å². The highest BCUT2D eigenvalue weighted by Crippen LogP contribution is 2.38. The van der Waals surface area contributed by atoms with Gasteiger partial charge >= 0.3 is 5.97 Å². The first-order valence-corrected chi connectivity index (χ1v) is 17.8. The largest absolute Gasteiger partial charge is 0.469 e. The van der Waals surface area contributed by atoms with Crippen LogP contribution in [0.15, 0.2) is 30.3 Å². The zero-order valence-corrected chi connectivity index (χ0v) is 29.1. The molecule has 2 atom stereocenters. The number of nitrogens with zero attached hydrogens (tertiary/aromatic N) is 4. The number of aromatic nitrogens is 2. The minimum absolute atomic E-state index is 0.0601. The molecule has 2 aliphatic heterocycles. The number of carbonyl (C=O) groups is 3. The topological polar surface area (TPSA) is 117 Å². The lowest BCUT2D eigenvalue weighted by molar-refractivity contribution is -0.147. The third-order valence-electron chi connectivity index (χ3n) is 10.3. The summed E-state index contributed by atoms with van der Waals surface area (Å²) in [4.78, 5) is 53.9. The first-order valence-electron chi connectivity index (χ1n) is 17.0. The fourth-order valence-corrected chi connectivity index (χ4v) is 8.06. The number of piperidine rings is 1. The number of likely N-dealkylation sites (tertiary alicyclic amines) is 2. The van der Waals surface area contributed by atoms with Gasteiger partial charge in [0.15, 0.2) is 5.01 Å². The maximum absolute atomic E-state index is 13.8. The molecule has 47 heavy (non-hydrogen) atoms. The number of likely N-dealkylation sites (N-methyl/N-ethyl adjacent to an activating group) is 1. The third-order valence-corrected chi connectivity index (χ3v) is 11.2. The Labute approximate surface area is 281 Å². The minimum Gasteiger partial charge on any atom is -0.469 e. The van der Waals surface area contributed by atoms with Gasteiger partial charge in [-0.3, -0.25) is 14.4 Å². The maximum atomic E-state index is 13.8. The Morgan fingerprint density at radius 2 is 1.83 bits per heavy atom. The fraction of sp³-hybridized carbons (Fsp3) is 0.583. The SMILES string of the molecule is COC(=O)C1CCN(CC[C@@H](NC(=O)c2nc3cc4c(nc3s2)CC[C@H](C(C)(C)C)C4)c2cccc(C(=O)NC3CN(C)C3)c2)CC1. The first-order chi connectivity index (χ1) is 22.5. The normalized spacial score (nSPS) is 20.3. The Balaban J connectivity index is 1.19. The summed E-state index contributed by atoms with van der Waals surface area (Å²) in [7, 11) is 3.48. The number of esters is 1.